The number of carbonyl (C=O) groups is 1. The van der Waals surface area contributed by atoms with Gasteiger partial charge in [-0.2, -0.15) is 0 Å². The summed E-state index contributed by atoms with van der Waals surface area (Å²) in [6.07, 6.45) is 5.62. The quantitative estimate of drug-likeness (QED) is 0.360. The molecule has 4 nitrogen and oxygen atoms in total. The lowest BCUT2D eigenvalue weighted by Gasteiger charge is -2.54. The standard InChI is InChI=1S/C26H42O4Si2/c1-17(27)28-24-14-13-22-21-11-9-18-15-19(29-31(3,4)5)10-12-20(18)25(21)23(16-26(22,24)2)30-32(6,7)8/h10,12,15,21-25H,9,11,13-14,16H2,1-8H3/t21-,22-,23-,24-,25+,26-/m0/s1. The van der Waals surface area contributed by atoms with E-state index in [0.717, 1.165) is 31.4 Å². The van der Waals surface area contributed by atoms with Gasteiger partial charge in [-0.25, -0.2) is 0 Å². The van der Waals surface area contributed by atoms with Crippen LogP contribution in [-0.2, 0) is 20.4 Å². The average Bonchev–Trinajstić information content (AvgIpc) is 2.94. The SMILES string of the molecule is CC(=O)O[C@H]1CC[C@H]2[C@@H]3CCc4cc(O[Si](C)(C)C)ccc4[C@H]3[C@@H](O[Si](C)(C)C)C[C@]12C. The zero-order valence-electron chi connectivity index (χ0n) is 21.3. The monoisotopic (exact) mass is 474 g/mol. The summed E-state index contributed by atoms with van der Waals surface area (Å²) in [6, 6.07) is 6.83. The first kappa shape index (κ1) is 24.0. The summed E-state index contributed by atoms with van der Waals surface area (Å²) in [6.45, 7) is 17.5. The minimum atomic E-state index is -1.74. The number of rotatable bonds is 5. The molecule has 0 amide bonds. The summed E-state index contributed by atoms with van der Waals surface area (Å²) in [4.78, 5) is 11.8. The Morgan fingerprint density at radius 3 is 2.38 bits per heavy atom. The average molecular weight is 475 g/mol. The van der Waals surface area contributed by atoms with Crippen LogP contribution in [-0.4, -0.2) is 34.8 Å². The van der Waals surface area contributed by atoms with Gasteiger partial charge >= 0.3 is 5.97 Å². The molecular weight excluding hydrogens is 432 g/mol. The summed E-state index contributed by atoms with van der Waals surface area (Å²) in [5.74, 6) is 2.49. The van der Waals surface area contributed by atoms with Crippen LogP contribution < -0.4 is 4.43 Å². The highest BCUT2D eigenvalue weighted by Crippen LogP contribution is 2.62. The molecule has 0 aromatic heterocycles. The summed E-state index contributed by atoms with van der Waals surface area (Å²) >= 11 is 0. The van der Waals surface area contributed by atoms with Crippen molar-refractivity contribution in [3.05, 3.63) is 29.3 Å². The smallest absolute Gasteiger partial charge is 0.302 e. The normalized spacial score (nSPS) is 34.3. The van der Waals surface area contributed by atoms with Crippen molar-refractivity contribution < 1.29 is 18.4 Å². The van der Waals surface area contributed by atoms with E-state index >= 15 is 0 Å². The summed E-state index contributed by atoms with van der Waals surface area (Å²) in [5.41, 5.74) is 2.94. The molecule has 2 saturated carbocycles. The second kappa shape index (κ2) is 8.28. The molecule has 6 heteroatoms. The van der Waals surface area contributed by atoms with Gasteiger partial charge in [0.25, 0.3) is 0 Å². The van der Waals surface area contributed by atoms with Crippen LogP contribution >= 0.6 is 0 Å². The van der Waals surface area contributed by atoms with Gasteiger partial charge in [0.1, 0.15) is 11.9 Å². The Bertz CT molecular complexity index is 872. The van der Waals surface area contributed by atoms with Crippen molar-refractivity contribution in [2.24, 2.45) is 17.3 Å². The van der Waals surface area contributed by atoms with Crippen LogP contribution in [0.2, 0.25) is 39.3 Å². The first-order valence-corrected chi connectivity index (χ1v) is 19.3. The maximum Gasteiger partial charge on any atom is 0.302 e. The van der Waals surface area contributed by atoms with Gasteiger partial charge in [-0.15, -0.1) is 0 Å². The number of ether oxygens (including phenoxy) is 1. The molecule has 3 aliphatic rings. The van der Waals surface area contributed by atoms with E-state index in [1.165, 1.54) is 17.5 Å². The molecule has 4 rings (SSSR count). The number of hydrogen-bond donors (Lipinski definition) is 0. The summed E-state index contributed by atoms with van der Waals surface area (Å²) in [7, 11) is -3.38. The number of hydrogen-bond acceptors (Lipinski definition) is 4. The highest BCUT2D eigenvalue weighted by Gasteiger charge is 2.59. The third kappa shape index (κ3) is 4.73. The van der Waals surface area contributed by atoms with Crippen molar-refractivity contribution in [2.75, 3.05) is 0 Å². The second-order valence-corrected chi connectivity index (χ2v) is 21.5. The van der Waals surface area contributed by atoms with Crippen LogP contribution in [0.15, 0.2) is 18.2 Å². The summed E-state index contributed by atoms with van der Waals surface area (Å²) < 4.78 is 19.1. The van der Waals surface area contributed by atoms with Gasteiger partial charge in [-0.1, -0.05) is 13.0 Å². The highest BCUT2D eigenvalue weighted by atomic mass is 28.4. The van der Waals surface area contributed by atoms with Crippen molar-refractivity contribution >= 4 is 22.6 Å². The molecule has 32 heavy (non-hydrogen) atoms. The van der Waals surface area contributed by atoms with Gasteiger partial charge in [-0.3, -0.25) is 4.79 Å². The lowest BCUT2D eigenvalue weighted by atomic mass is 9.54. The van der Waals surface area contributed by atoms with Crippen molar-refractivity contribution in [3.8, 4) is 5.75 Å². The number of carbonyl (C=O) groups excluding carboxylic acids is 1. The number of fused-ring (bicyclic) bond motifs is 5. The Labute approximate surface area is 196 Å². The largest absolute Gasteiger partial charge is 0.544 e. The molecular formula is C26H42O4Si2. The first-order chi connectivity index (χ1) is 14.8. The van der Waals surface area contributed by atoms with E-state index in [-0.39, 0.29) is 23.6 Å². The topological polar surface area (TPSA) is 44.8 Å². The fraction of sp³-hybridized carbons (Fsp3) is 0.731. The first-order valence-electron chi connectivity index (χ1n) is 12.4. The third-order valence-corrected chi connectivity index (χ3v) is 9.66. The zero-order valence-corrected chi connectivity index (χ0v) is 23.3. The Hall–Kier alpha value is -1.12. The molecule has 0 heterocycles. The van der Waals surface area contributed by atoms with E-state index < -0.39 is 16.6 Å². The molecule has 2 fully saturated rings. The third-order valence-electron chi connectivity index (χ3n) is 7.80. The van der Waals surface area contributed by atoms with Gasteiger partial charge in [0.15, 0.2) is 8.32 Å². The van der Waals surface area contributed by atoms with Gasteiger partial charge in [0, 0.05) is 18.3 Å². The minimum Gasteiger partial charge on any atom is -0.544 e. The van der Waals surface area contributed by atoms with E-state index in [1.54, 1.807) is 6.92 Å². The maximum atomic E-state index is 11.8. The Morgan fingerprint density at radius 1 is 1.03 bits per heavy atom. The highest BCUT2D eigenvalue weighted by molar-refractivity contribution is 6.70. The van der Waals surface area contributed by atoms with E-state index in [0.29, 0.717) is 17.8 Å². The van der Waals surface area contributed by atoms with Gasteiger partial charge in [0.05, 0.1) is 6.10 Å². The van der Waals surface area contributed by atoms with Crippen LogP contribution in [0.25, 0.3) is 0 Å². The molecule has 3 aliphatic carbocycles. The van der Waals surface area contributed by atoms with Crippen molar-refractivity contribution in [3.63, 3.8) is 0 Å². The van der Waals surface area contributed by atoms with Crippen molar-refractivity contribution in [2.45, 2.75) is 103 Å². The number of esters is 1. The molecule has 0 bridgehead atoms. The molecule has 0 aliphatic heterocycles. The number of benzene rings is 1. The zero-order chi connectivity index (χ0) is 23.5. The van der Waals surface area contributed by atoms with Gasteiger partial charge in [-0.05, 0) is 106 Å². The Balaban J connectivity index is 1.71. The minimum absolute atomic E-state index is 0.00947. The molecule has 178 valence electrons. The van der Waals surface area contributed by atoms with Crippen molar-refractivity contribution in [1.29, 1.82) is 0 Å². The molecule has 0 unspecified atom stereocenters. The van der Waals surface area contributed by atoms with Crippen LogP contribution in [0.1, 0.15) is 56.6 Å². The lowest BCUT2D eigenvalue weighted by Crippen LogP contribution is -2.53. The van der Waals surface area contributed by atoms with E-state index in [4.69, 9.17) is 13.6 Å². The lowest BCUT2D eigenvalue weighted by molar-refractivity contribution is -0.158. The summed E-state index contributed by atoms with van der Waals surface area (Å²) in [5, 5.41) is 0. The molecule has 1 aromatic rings. The van der Waals surface area contributed by atoms with Crippen LogP contribution in [0.5, 0.6) is 5.75 Å². The predicted molar refractivity (Wildman–Crippen MR) is 134 cm³/mol. The predicted octanol–water partition coefficient (Wildman–Crippen LogP) is 6.52. The molecule has 0 saturated heterocycles. The van der Waals surface area contributed by atoms with E-state index in [9.17, 15) is 4.79 Å². The number of aryl methyl sites for hydroxylation is 1. The van der Waals surface area contributed by atoms with Crippen molar-refractivity contribution in [1.82, 2.24) is 0 Å². The Kier molecular flexibility index (Phi) is 6.21. The van der Waals surface area contributed by atoms with Crippen LogP contribution in [0, 0.1) is 17.3 Å². The van der Waals surface area contributed by atoms with Crippen LogP contribution in [0.4, 0.5) is 0 Å². The molecule has 6 atom stereocenters. The second-order valence-electron chi connectivity index (χ2n) is 12.6. The van der Waals surface area contributed by atoms with E-state index in [2.05, 4.69) is 64.4 Å². The van der Waals surface area contributed by atoms with Gasteiger partial charge < -0.3 is 13.6 Å². The fourth-order valence-electron chi connectivity index (χ4n) is 6.94. The molecule has 0 radical (unpaired) electrons. The Morgan fingerprint density at radius 2 is 1.75 bits per heavy atom. The molecule has 1 aromatic carbocycles. The van der Waals surface area contributed by atoms with Crippen LogP contribution in [0.3, 0.4) is 0 Å². The maximum absolute atomic E-state index is 11.8. The van der Waals surface area contributed by atoms with Gasteiger partial charge in [0.2, 0.25) is 8.32 Å². The molecule has 0 N–H and O–H groups in total. The van der Waals surface area contributed by atoms with E-state index in [1.807, 2.05) is 0 Å². The fourth-order valence-corrected chi connectivity index (χ4v) is 8.91. The molecule has 0 spiro atoms.